The molecule has 0 saturated carbocycles. The molecule has 4 rings (SSSR count). The Kier molecular flexibility index (Phi) is 4.68. The van der Waals surface area contributed by atoms with Crippen molar-refractivity contribution in [1.82, 2.24) is 24.7 Å². The summed E-state index contributed by atoms with van der Waals surface area (Å²) in [4.78, 5) is 25.2. The number of aromatic nitrogens is 5. The van der Waals surface area contributed by atoms with E-state index in [1.54, 1.807) is 10.7 Å². The van der Waals surface area contributed by atoms with Crippen molar-refractivity contribution in [2.45, 2.75) is 6.61 Å². The van der Waals surface area contributed by atoms with Crippen LogP contribution in [0.3, 0.4) is 0 Å². The second-order valence-corrected chi connectivity index (χ2v) is 6.63. The van der Waals surface area contributed by atoms with Crippen molar-refractivity contribution in [2.24, 2.45) is 0 Å². The molecule has 0 fully saturated rings. The standard InChI is InChI=1S/C18H15N7O2S/c19-17-21-15(22-18(20)23-17)10-27-16(26)13-9-12(14-7-4-8-28-14)24-25(13)11-5-2-1-3-6-11/h1-9H,10H2,(H4,19,20,21,22,23). The van der Waals surface area contributed by atoms with Gasteiger partial charge in [-0.05, 0) is 23.6 Å². The lowest BCUT2D eigenvalue weighted by Gasteiger charge is -2.07. The van der Waals surface area contributed by atoms with Crippen LogP contribution in [0.5, 0.6) is 0 Å². The van der Waals surface area contributed by atoms with Crippen molar-refractivity contribution in [3.8, 4) is 16.3 Å². The topological polar surface area (TPSA) is 135 Å². The normalized spacial score (nSPS) is 10.7. The van der Waals surface area contributed by atoms with Gasteiger partial charge in [-0.15, -0.1) is 11.3 Å². The van der Waals surface area contributed by atoms with Gasteiger partial charge in [0.15, 0.2) is 18.1 Å². The molecule has 10 heteroatoms. The molecule has 3 aromatic heterocycles. The number of anilines is 2. The Morgan fingerprint density at radius 1 is 1.04 bits per heavy atom. The zero-order chi connectivity index (χ0) is 19.5. The van der Waals surface area contributed by atoms with E-state index in [4.69, 9.17) is 16.2 Å². The van der Waals surface area contributed by atoms with Gasteiger partial charge in [-0.3, -0.25) is 0 Å². The van der Waals surface area contributed by atoms with E-state index in [1.807, 2.05) is 47.8 Å². The van der Waals surface area contributed by atoms with E-state index >= 15 is 0 Å². The van der Waals surface area contributed by atoms with E-state index < -0.39 is 5.97 Å². The van der Waals surface area contributed by atoms with Crippen LogP contribution < -0.4 is 11.5 Å². The maximum Gasteiger partial charge on any atom is 0.357 e. The number of nitrogen functional groups attached to an aromatic ring is 2. The third kappa shape index (κ3) is 3.67. The summed E-state index contributed by atoms with van der Waals surface area (Å²) in [7, 11) is 0. The number of hydrogen-bond donors (Lipinski definition) is 2. The monoisotopic (exact) mass is 393 g/mol. The average molecular weight is 393 g/mol. The molecule has 0 amide bonds. The molecule has 0 aliphatic rings. The fraction of sp³-hybridized carbons (Fsp3) is 0.0556. The number of nitrogens with zero attached hydrogens (tertiary/aromatic N) is 5. The Bertz CT molecular complexity index is 1090. The summed E-state index contributed by atoms with van der Waals surface area (Å²) in [6, 6.07) is 14.9. The lowest BCUT2D eigenvalue weighted by molar-refractivity contribution is 0.0451. The molecule has 0 aliphatic heterocycles. The molecule has 0 spiro atoms. The second kappa shape index (κ2) is 7.45. The Balaban J connectivity index is 1.64. The molecule has 0 saturated heterocycles. The predicted molar refractivity (Wildman–Crippen MR) is 105 cm³/mol. The number of hydrogen-bond acceptors (Lipinski definition) is 9. The number of para-hydroxylation sites is 1. The van der Waals surface area contributed by atoms with Gasteiger partial charge in [-0.2, -0.15) is 20.1 Å². The van der Waals surface area contributed by atoms with Gasteiger partial charge in [-0.25, -0.2) is 9.48 Å². The molecular formula is C18H15N7O2S. The molecule has 1 aromatic carbocycles. The lowest BCUT2D eigenvalue weighted by Crippen LogP contribution is -2.14. The van der Waals surface area contributed by atoms with E-state index in [0.29, 0.717) is 5.69 Å². The highest BCUT2D eigenvalue weighted by molar-refractivity contribution is 7.13. The summed E-state index contributed by atoms with van der Waals surface area (Å²) >= 11 is 1.54. The van der Waals surface area contributed by atoms with Crippen LogP contribution in [0.4, 0.5) is 11.9 Å². The largest absolute Gasteiger partial charge is 0.453 e. The maximum atomic E-state index is 12.8. The fourth-order valence-electron chi connectivity index (χ4n) is 2.56. The van der Waals surface area contributed by atoms with Crippen LogP contribution in [0.2, 0.25) is 0 Å². The first-order valence-electron chi connectivity index (χ1n) is 8.22. The quantitative estimate of drug-likeness (QED) is 0.493. The van der Waals surface area contributed by atoms with E-state index in [2.05, 4.69) is 20.1 Å². The zero-order valence-corrected chi connectivity index (χ0v) is 15.3. The molecule has 28 heavy (non-hydrogen) atoms. The van der Waals surface area contributed by atoms with Crippen molar-refractivity contribution in [1.29, 1.82) is 0 Å². The number of carbonyl (C=O) groups excluding carboxylic acids is 1. The van der Waals surface area contributed by atoms with Crippen molar-refractivity contribution < 1.29 is 9.53 Å². The number of benzene rings is 1. The van der Waals surface area contributed by atoms with Crippen LogP contribution in [0.15, 0.2) is 53.9 Å². The molecule has 4 N–H and O–H groups in total. The van der Waals surface area contributed by atoms with Crippen LogP contribution in [0.1, 0.15) is 16.3 Å². The molecule has 0 unspecified atom stereocenters. The second-order valence-electron chi connectivity index (χ2n) is 5.68. The molecule has 4 aromatic rings. The number of esters is 1. The molecular weight excluding hydrogens is 378 g/mol. The summed E-state index contributed by atoms with van der Waals surface area (Å²) in [5.74, 6) is -0.472. The molecule has 3 heterocycles. The first kappa shape index (κ1) is 17.6. The first-order chi connectivity index (χ1) is 13.6. The van der Waals surface area contributed by atoms with Gasteiger partial charge in [0.1, 0.15) is 5.69 Å². The SMILES string of the molecule is Nc1nc(N)nc(COC(=O)c2cc(-c3cccs3)nn2-c2ccccc2)n1. The van der Waals surface area contributed by atoms with Crippen LogP contribution >= 0.6 is 11.3 Å². The summed E-state index contributed by atoms with van der Waals surface area (Å²) in [6.45, 7) is -0.190. The molecule has 0 bridgehead atoms. The number of thiophene rings is 1. The third-order valence-corrected chi connectivity index (χ3v) is 4.63. The Morgan fingerprint density at radius 2 is 1.79 bits per heavy atom. The van der Waals surface area contributed by atoms with Gasteiger partial charge in [0, 0.05) is 6.07 Å². The number of rotatable bonds is 5. The Labute approximate surface area is 163 Å². The van der Waals surface area contributed by atoms with Gasteiger partial charge in [0.2, 0.25) is 11.9 Å². The van der Waals surface area contributed by atoms with E-state index in [0.717, 1.165) is 10.6 Å². The summed E-state index contributed by atoms with van der Waals surface area (Å²) in [5, 5.41) is 6.52. The van der Waals surface area contributed by atoms with E-state index in [9.17, 15) is 4.79 Å². The lowest BCUT2D eigenvalue weighted by atomic mass is 10.3. The highest BCUT2D eigenvalue weighted by Gasteiger charge is 2.20. The molecule has 0 aliphatic carbocycles. The van der Waals surface area contributed by atoms with Crippen LogP contribution in [-0.2, 0) is 11.3 Å². The van der Waals surface area contributed by atoms with Crippen molar-refractivity contribution in [3.05, 3.63) is 65.4 Å². The van der Waals surface area contributed by atoms with Crippen molar-refractivity contribution in [3.63, 3.8) is 0 Å². The third-order valence-electron chi connectivity index (χ3n) is 3.74. The van der Waals surface area contributed by atoms with Gasteiger partial charge in [0.05, 0.1) is 10.6 Å². The minimum absolute atomic E-state index is 0.0344. The zero-order valence-electron chi connectivity index (χ0n) is 14.5. The maximum absolute atomic E-state index is 12.8. The fourth-order valence-corrected chi connectivity index (χ4v) is 3.24. The molecule has 0 radical (unpaired) electrons. The van der Waals surface area contributed by atoms with Gasteiger partial charge < -0.3 is 16.2 Å². The molecule has 140 valence electrons. The Hall–Kier alpha value is -3.79. The van der Waals surface area contributed by atoms with Gasteiger partial charge in [0.25, 0.3) is 0 Å². The van der Waals surface area contributed by atoms with E-state index in [1.165, 1.54) is 11.3 Å². The van der Waals surface area contributed by atoms with Gasteiger partial charge >= 0.3 is 5.97 Å². The van der Waals surface area contributed by atoms with Gasteiger partial charge in [-0.1, -0.05) is 24.3 Å². The summed E-state index contributed by atoms with van der Waals surface area (Å²) in [5.41, 5.74) is 12.8. The molecule has 9 nitrogen and oxygen atoms in total. The Morgan fingerprint density at radius 3 is 2.46 bits per heavy atom. The van der Waals surface area contributed by atoms with Crippen molar-refractivity contribution in [2.75, 3.05) is 11.5 Å². The minimum Gasteiger partial charge on any atom is -0.453 e. The predicted octanol–water partition coefficient (Wildman–Crippen LogP) is 2.31. The van der Waals surface area contributed by atoms with E-state index in [-0.39, 0.29) is 30.0 Å². The van der Waals surface area contributed by atoms with Crippen molar-refractivity contribution >= 4 is 29.2 Å². The highest BCUT2D eigenvalue weighted by atomic mass is 32.1. The number of ether oxygens (including phenoxy) is 1. The number of carbonyl (C=O) groups is 1. The highest BCUT2D eigenvalue weighted by Crippen LogP contribution is 2.26. The first-order valence-corrected chi connectivity index (χ1v) is 9.10. The van der Waals surface area contributed by atoms with Crippen LogP contribution in [0.25, 0.3) is 16.3 Å². The summed E-state index contributed by atoms with van der Waals surface area (Å²) in [6.07, 6.45) is 0. The molecule has 0 atom stereocenters. The minimum atomic E-state index is -0.572. The van der Waals surface area contributed by atoms with Crippen LogP contribution in [0, 0.1) is 0 Å². The smallest absolute Gasteiger partial charge is 0.357 e. The van der Waals surface area contributed by atoms with Crippen LogP contribution in [-0.4, -0.2) is 30.7 Å². The number of nitrogens with two attached hydrogens (primary N) is 2. The summed E-state index contributed by atoms with van der Waals surface area (Å²) < 4.78 is 6.91. The average Bonchev–Trinajstić information content (AvgIpc) is 3.36.